The van der Waals surface area contributed by atoms with Crippen LogP contribution < -0.4 is 5.73 Å². The van der Waals surface area contributed by atoms with E-state index in [1.54, 1.807) is 6.92 Å². The quantitative estimate of drug-likeness (QED) is 0.768. The molecule has 1 saturated carbocycles. The molecule has 0 aliphatic heterocycles. The molecule has 0 aromatic heterocycles. The average Bonchev–Trinajstić information content (AvgIpc) is 2.27. The van der Waals surface area contributed by atoms with Crippen molar-refractivity contribution >= 4 is 5.78 Å². The average molecular weight is 239 g/mol. The Labute approximate surface area is 106 Å². The zero-order valence-electron chi connectivity index (χ0n) is 11.8. The summed E-state index contributed by atoms with van der Waals surface area (Å²) < 4.78 is 0. The van der Waals surface area contributed by atoms with Crippen LogP contribution in [0.25, 0.3) is 0 Å². The van der Waals surface area contributed by atoms with Crippen LogP contribution >= 0.6 is 0 Å². The molecule has 1 fully saturated rings. The lowest BCUT2D eigenvalue weighted by molar-refractivity contribution is -0.118. The first-order valence-electron chi connectivity index (χ1n) is 7.17. The molecule has 1 aliphatic carbocycles. The molecule has 0 unspecified atom stereocenters. The Morgan fingerprint density at radius 3 is 2.41 bits per heavy atom. The first kappa shape index (κ1) is 14.7. The maximum Gasteiger partial charge on any atom is 0.146 e. The molecule has 2 heteroatoms. The maximum atomic E-state index is 11.2. The number of nitrogens with two attached hydrogens (primary N) is 1. The van der Waals surface area contributed by atoms with Gasteiger partial charge >= 0.3 is 0 Å². The molecule has 0 amide bonds. The summed E-state index contributed by atoms with van der Waals surface area (Å²) in [7, 11) is 0. The van der Waals surface area contributed by atoms with Gasteiger partial charge in [-0.2, -0.15) is 0 Å². The van der Waals surface area contributed by atoms with Crippen molar-refractivity contribution < 1.29 is 4.79 Å². The summed E-state index contributed by atoms with van der Waals surface area (Å²) in [5.41, 5.74) is 6.07. The highest BCUT2D eigenvalue weighted by Crippen LogP contribution is 2.34. The van der Waals surface area contributed by atoms with E-state index in [2.05, 4.69) is 13.8 Å². The molecule has 0 aromatic carbocycles. The molecule has 1 rings (SSSR count). The van der Waals surface area contributed by atoms with Crippen LogP contribution in [0.4, 0.5) is 0 Å². The van der Waals surface area contributed by atoms with Crippen molar-refractivity contribution in [1.29, 1.82) is 0 Å². The fraction of sp³-hybridized carbons (Fsp3) is 0.933. The molecule has 0 saturated heterocycles. The van der Waals surface area contributed by atoms with E-state index in [0.717, 1.165) is 12.3 Å². The van der Waals surface area contributed by atoms with Crippen LogP contribution in [-0.2, 0) is 4.79 Å². The SMILES string of the molecule is CC(=O)[C@@H](N)CC(C)(C)CCC1CCCCC1. The van der Waals surface area contributed by atoms with E-state index in [4.69, 9.17) is 5.73 Å². The van der Waals surface area contributed by atoms with Crippen molar-refractivity contribution in [3.63, 3.8) is 0 Å². The number of hydrogen-bond acceptors (Lipinski definition) is 2. The van der Waals surface area contributed by atoms with E-state index in [0.29, 0.717) is 0 Å². The van der Waals surface area contributed by atoms with E-state index >= 15 is 0 Å². The van der Waals surface area contributed by atoms with Gasteiger partial charge in [0.15, 0.2) is 0 Å². The molecule has 0 spiro atoms. The number of hydrogen-bond donors (Lipinski definition) is 1. The zero-order valence-corrected chi connectivity index (χ0v) is 11.8. The minimum Gasteiger partial charge on any atom is -0.322 e. The van der Waals surface area contributed by atoms with Crippen LogP contribution in [0, 0.1) is 11.3 Å². The third-order valence-corrected chi connectivity index (χ3v) is 4.25. The number of ketones is 1. The van der Waals surface area contributed by atoms with Crippen LogP contribution in [-0.4, -0.2) is 11.8 Å². The highest BCUT2D eigenvalue weighted by molar-refractivity contribution is 5.81. The smallest absolute Gasteiger partial charge is 0.146 e. The molecule has 2 nitrogen and oxygen atoms in total. The van der Waals surface area contributed by atoms with Gasteiger partial charge in [-0.15, -0.1) is 0 Å². The van der Waals surface area contributed by atoms with E-state index in [-0.39, 0.29) is 17.2 Å². The molecule has 100 valence electrons. The van der Waals surface area contributed by atoms with E-state index < -0.39 is 0 Å². The Morgan fingerprint density at radius 2 is 1.88 bits per heavy atom. The zero-order chi connectivity index (χ0) is 12.9. The van der Waals surface area contributed by atoms with Crippen LogP contribution in [0.5, 0.6) is 0 Å². The molecule has 0 aromatic rings. The fourth-order valence-electron chi connectivity index (χ4n) is 2.91. The normalized spacial score (nSPS) is 20.2. The highest BCUT2D eigenvalue weighted by Gasteiger charge is 2.25. The summed E-state index contributed by atoms with van der Waals surface area (Å²) in [4.78, 5) is 11.2. The van der Waals surface area contributed by atoms with Gasteiger partial charge in [0, 0.05) is 0 Å². The number of carbonyl (C=O) groups excluding carboxylic acids is 1. The second-order valence-corrected chi connectivity index (χ2v) is 6.63. The lowest BCUT2D eigenvalue weighted by Gasteiger charge is -2.30. The van der Waals surface area contributed by atoms with Crippen molar-refractivity contribution in [2.24, 2.45) is 17.1 Å². The standard InChI is InChI=1S/C15H29NO/c1-12(17)14(16)11-15(2,3)10-9-13-7-5-4-6-8-13/h13-14H,4-11,16H2,1-3H3/t14-/m0/s1. The van der Waals surface area contributed by atoms with Crippen LogP contribution in [0.3, 0.4) is 0 Å². The third kappa shape index (κ3) is 5.67. The third-order valence-electron chi connectivity index (χ3n) is 4.25. The number of rotatable bonds is 6. The van der Waals surface area contributed by atoms with Crippen molar-refractivity contribution in [2.45, 2.75) is 78.2 Å². The van der Waals surface area contributed by atoms with Crippen molar-refractivity contribution in [3.05, 3.63) is 0 Å². The molecule has 1 atom stereocenters. The number of carbonyl (C=O) groups is 1. The fourth-order valence-corrected chi connectivity index (χ4v) is 2.91. The lowest BCUT2D eigenvalue weighted by Crippen LogP contribution is -2.34. The molecule has 17 heavy (non-hydrogen) atoms. The molecular weight excluding hydrogens is 210 g/mol. The molecule has 0 bridgehead atoms. The summed E-state index contributed by atoms with van der Waals surface area (Å²) >= 11 is 0. The van der Waals surface area contributed by atoms with Gasteiger partial charge in [-0.25, -0.2) is 0 Å². The van der Waals surface area contributed by atoms with Crippen LogP contribution in [0.1, 0.15) is 72.1 Å². The first-order chi connectivity index (χ1) is 7.91. The molecule has 1 aliphatic rings. The Kier molecular flexibility index (Phi) is 5.64. The van der Waals surface area contributed by atoms with Gasteiger partial charge in [-0.1, -0.05) is 46.0 Å². The Balaban J connectivity index is 2.30. The van der Waals surface area contributed by atoms with Gasteiger partial charge in [0.1, 0.15) is 5.78 Å². The van der Waals surface area contributed by atoms with Crippen LogP contribution in [0.2, 0.25) is 0 Å². The van der Waals surface area contributed by atoms with E-state index in [1.807, 2.05) is 0 Å². The van der Waals surface area contributed by atoms with Gasteiger partial charge in [0.2, 0.25) is 0 Å². The molecular formula is C15H29NO. The highest BCUT2D eigenvalue weighted by atomic mass is 16.1. The summed E-state index contributed by atoms with van der Waals surface area (Å²) in [5.74, 6) is 1.05. The Bertz CT molecular complexity index is 241. The summed E-state index contributed by atoms with van der Waals surface area (Å²) in [5, 5.41) is 0. The largest absolute Gasteiger partial charge is 0.322 e. The minimum absolute atomic E-state index is 0.121. The van der Waals surface area contributed by atoms with Crippen molar-refractivity contribution in [3.8, 4) is 0 Å². The van der Waals surface area contributed by atoms with Gasteiger partial charge < -0.3 is 5.73 Å². The monoisotopic (exact) mass is 239 g/mol. The maximum absolute atomic E-state index is 11.2. The van der Waals surface area contributed by atoms with Gasteiger partial charge in [-0.05, 0) is 37.5 Å². The summed E-state index contributed by atoms with van der Waals surface area (Å²) in [6.07, 6.45) is 10.4. The van der Waals surface area contributed by atoms with E-state index in [1.165, 1.54) is 44.9 Å². The first-order valence-corrected chi connectivity index (χ1v) is 7.17. The van der Waals surface area contributed by atoms with Crippen LogP contribution in [0.15, 0.2) is 0 Å². The molecule has 0 radical (unpaired) electrons. The second kappa shape index (κ2) is 6.53. The predicted molar refractivity (Wildman–Crippen MR) is 72.9 cm³/mol. The summed E-state index contributed by atoms with van der Waals surface area (Å²) in [6.45, 7) is 6.10. The van der Waals surface area contributed by atoms with Gasteiger partial charge in [0.05, 0.1) is 6.04 Å². The molecule has 2 N–H and O–H groups in total. The van der Waals surface area contributed by atoms with Crippen molar-refractivity contribution in [2.75, 3.05) is 0 Å². The Hall–Kier alpha value is -0.370. The summed E-state index contributed by atoms with van der Waals surface area (Å²) in [6, 6.07) is -0.267. The predicted octanol–water partition coefficient (Wildman–Crippen LogP) is 3.68. The second-order valence-electron chi connectivity index (χ2n) is 6.63. The Morgan fingerprint density at radius 1 is 1.29 bits per heavy atom. The van der Waals surface area contributed by atoms with Crippen molar-refractivity contribution in [1.82, 2.24) is 0 Å². The molecule has 0 heterocycles. The van der Waals surface area contributed by atoms with E-state index in [9.17, 15) is 4.79 Å². The van der Waals surface area contributed by atoms with Gasteiger partial charge in [-0.3, -0.25) is 4.79 Å². The minimum atomic E-state index is -0.267. The lowest BCUT2D eigenvalue weighted by atomic mass is 9.76. The number of Topliss-reactive ketones (excluding diaryl/α,β-unsaturated/α-hetero) is 1. The van der Waals surface area contributed by atoms with Gasteiger partial charge in [0.25, 0.3) is 0 Å². The topological polar surface area (TPSA) is 43.1 Å².